The van der Waals surface area contributed by atoms with E-state index in [4.69, 9.17) is 0 Å². The molecule has 3 heteroatoms. The first kappa shape index (κ1) is 13.8. The van der Waals surface area contributed by atoms with E-state index in [0.717, 1.165) is 22.9 Å². The standard InChI is InChI=1S/C20H17NO2/c1-13-10-16-8-4-5-9-18(16)21(13)20(23)17-11-14-6-2-3-7-15(14)12-19(17)22/h2-9,11-13,22H,10H2,1H3. The maximum Gasteiger partial charge on any atom is 0.262 e. The van der Waals surface area contributed by atoms with E-state index in [1.165, 1.54) is 5.56 Å². The molecule has 0 saturated carbocycles. The van der Waals surface area contributed by atoms with E-state index >= 15 is 0 Å². The molecule has 0 spiro atoms. The van der Waals surface area contributed by atoms with Crippen molar-refractivity contribution in [3.63, 3.8) is 0 Å². The third kappa shape index (κ3) is 2.16. The second-order valence-electron chi connectivity index (χ2n) is 6.07. The van der Waals surface area contributed by atoms with Crippen molar-refractivity contribution in [2.24, 2.45) is 0 Å². The number of aromatic hydroxyl groups is 1. The predicted molar refractivity (Wildman–Crippen MR) is 92.0 cm³/mol. The Labute approximate surface area is 134 Å². The molecule has 1 unspecified atom stereocenters. The van der Waals surface area contributed by atoms with Gasteiger partial charge >= 0.3 is 0 Å². The van der Waals surface area contributed by atoms with E-state index in [0.29, 0.717) is 5.56 Å². The van der Waals surface area contributed by atoms with Gasteiger partial charge in [-0.2, -0.15) is 0 Å². The lowest BCUT2D eigenvalue weighted by molar-refractivity contribution is 0.0979. The van der Waals surface area contributed by atoms with Crippen LogP contribution >= 0.6 is 0 Å². The summed E-state index contributed by atoms with van der Waals surface area (Å²) < 4.78 is 0. The Morgan fingerprint density at radius 2 is 1.70 bits per heavy atom. The van der Waals surface area contributed by atoms with Gasteiger partial charge in [-0.1, -0.05) is 42.5 Å². The van der Waals surface area contributed by atoms with Crippen LogP contribution in [0.2, 0.25) is 0 Å². The van der Waals surface area contributed by atoms with Crippen molar-refractivity contribution in [3.8, 4) is 5.75 Å². The largest absolute Gasteiger partial charge is 0.507 e. The predicted octanol–water partition coefficient (Wildman–Crippen LogP) is 4.14. The van der Waals surface area contributed by atoms with Crippen molar-refractivity contribution in [1.82, 2.24) is 0 Å². The molecule has 0 fully saturated rings. The first-order valence-corrected chi connectivity index (χ1v) is 7.78. The molecule has 23 heavy (non-hydrogen) atoms. The van der Waals surface area contributed by atoms with E-state index in [9.17, 15) is 9.90 Å². The van der Waals surface area contributed by atoms with E-state index in [1.54, 1.807) is 17.0 Å². The highest BCUT2D eigenvalue weighted by Gasteiger charge is 2.32. The van der Waals surface area contributed by atoms with Crippen molar-refractivity contribution in [2.45, 2.75) is 19.4 Å². The second kappa shape index (κ2) is 5.13. The Kier molecular flexibility index (Phi) is 3.08. The summed E-state index contributed by atoms with van der Waals surface area (Å²) in [5.41, 5.74) is 2.47. The van der Waals surface area contributed by atoms with Gasteiger partial charge in [0.1, 0.15) is 5.75 Å². The van der Waals surface area contributed by atoms with Gasteiger partial charge in [-0.15, -0.1) is 0 Å². The van der Waals surface area contributed by atoms with Crippen LogP contribution in [0, 0.1) is 0 Å². The van der Waals surface area contributed by atoms with Crippen LogP contribution in [0.25, 0.3) is 10.8 Å². The number of benzene rings is 3. The maximum absolute atomic E-state index is 13.1. The summed E-state index contributed by atoms with van der Waals surface area (Å²) in [5, 5.41) is 12.2. The minimum Gasteiger partial charge on any atom is -0.507 e. The van der Waals surface area contributed by atoms with Gasteiger partial charge in [0.15, 0.2) is 0 Å². The molecule has 0 aliphatic carbocycles. The fraction of sp³-hybridized carbons (Fsp3) is 0.150. The first-order valence-electron chi connectivity index (χ1n) is 7.78. The quantitative estimate of drug-likeness (QED) is 0.734. The number of rotatable bonds is 1. The number of amides is 1. The number of phenolic OH excluding ortho intramolecular Hbond substituents is 1. The second-order valence-corrected chi connectivity index (χ2v) is 6.07. The fourth-order valence-corrected chi connectivity index (χ4v) is 3.40. The molecule has 0 saturated heterocycles. The van der Waals surface area contributed by atoms with E-state index in [-0.39, 0.29) is 17.7 Å². The molecule has 114 valence electrons. The maximum atomic E-state index is 13.1. The highest BCUT2D eigenvalue weighted by molar-refractivity contribution is 6.11. The number of hydrogen-bond acceptors (Lipinski definition) is 2. The average molecular weight is 303 g/mol. The van der Waals surface area contributed by atoms with E-state index in [2.05, 4.69) is 6.07 Å². The van der Waals surface area contributed by atoms with Crippen LogP contribution < -0.4 is 4.90 Å². The summed E-state index contributed by atoms with van der Waals surface area (Å²) in [5.74, 6) is -0.115. The zero-order valence-corrected chi connectivity index (χ0v) is 12.9. The molecule has 3 nitrogen and oxygen atoms in total. The Bertz CT molecular complexity index is 916. The molecule has 1 amide bonds. The van der Waals surface area contributed by atoms with Crippen molar-refractivity contribution < 1.29 is 9.90 Å². The Morgan fingerprint density at radius 1 is 1.04 bits per heavy atom. The Morgan fingerprint density at radius 3 is 2.48 bits per heavy atom. The van der Waals surface area contributed by atoms with Crippen LogP contribution in [-0.2, 0) is 6.42 Å². The zero-order chi connectivity index (χ0) is 16.0. The number of phenols is 1. The summed E-state index contributed by atoms with van der Waals surface area (Å²) in [6, 6.07) is 19.2. The van der Waals surface area contributed by atoms with Crippen molar-refractivity contribution in [1.29, 1.82) is 0 Å². The van der Waals surface area contributed by atoms with E-state index < -0.39 is 0 Å². The van der Waals surface area contributed by atoms with Crippen LogP contribution in [0.4, 0.5) is 5.69 Å². The number of hydrogen-bond donors (Lipinski definition) is 1. The van der Waals surface area contributed by atoms with Crippen LogP contribution in [0.3, 0.4) is 0 Å². The van der Waals surface area contributed by atoms with Gasteiger partial charge in [0.25, 0.3) is 5.91 Å². The fourth-order valence-electron chi connectivity index (χ4n) is 3.40. The van der Waals surface area contributed by atoms with Crippen LogP contribution in [-0.4, -0.2) is 17.1 Å². The number of fused-ring (bicyclic) bond motifs is 2. The summed E-state index contributed by atoms with van der Waals surface area (Å²) in [6.07, 6.45) is 0.844. The number of para-hydroxylation sites is 1. The minimum absolute atomic E-state index is 0.0327. The van der Waals surface area contributed by atoms with Gasteiger partial charge in [0.2, 0.25) is 0 Å². The van der Waals surface area contributed by atoms with Gasteiger partial charge in [0, 0.05) is 11.7 Å². The lowest BCUT2D eigenvalue weighted by atomic mass is 10.0. The van der Waals surface area contributed by atoms with Gasteiger partial charge in [0.05, 0.1) is 5.56 Å². The summed E-state index contributed by atoms with van der Waals surface area (Å²) in [4.78, 5) is 14.8. The van der Waals surface area contributed by atoms with Crippen LogP contribution in [0.5, 0.6) is 5.75 Å². The molecule has 1 atom stereocenters. The first-order chi connectivity index (χ1) is 11.1. The Hall–Kier alpha value is -2.81. The molecule has 1 aliphatic heterocycles. The molecule has 1 aliphatic rings. The molecule has 3 aromatic rings. The molecule has 1 N–H and O–H groups in total. The third-order valence-corrected chi connectivity index (χ3v) is 4.52. The topological polar surface area (TPSA) is 40.5 Å². The minimum atomic E-state index is -0.147. The molecule has 4 rings (SSSR count). The number of anilines is 1. The highest BCUT2D eigenvalue weighted by Crippen LogP contribution is 2.35. The summed E-state index contributed by atoms with van der Waals surface area (Å²) in [6.45, 7) is 2.04. The zero-order valence-electron chi connectivity index (χ0n) is 12.9. The lowest BCUT2D eigenvalue weighted by Gasteiger charge is -2.23. The molecule has 1 heterocycles. The highest BCUT2D eigenvalue weighted by atomic mass is 16.3. The normalized spacial score (nSPS) is 16.6. The third-order valence-electron chi connectivity index (χ3n) is 4.52. The SMILES string of the molecule is CC1Cc2ccccc2N1C(=O)c1cc2ccccc2cc1O. The molecule has 3 aromatic carbocycles. The average Bonchev–Trinajstić information content (AvgIpc) is 2.89. The number of nitrogens with zero attached hydrogens (tertiary/aromatic N) is 1. The Balaban J connectivity index is 1.82. The summed E-state index contributed by atoms with van der Waals surface area (Å²) in [7, 11) is 0. The van der Waals surface area contributed by atoms with Gasteiger partial charge in [-0.25, -0.2) is 0 Å². The molecule has 0 bridgehead atoms. The van der Waals surface area contributed by atoms with E-state index in [1.807, 2.05) is 49.4 Å². The summed E-state index contributed by atoms with van der Waals surface area (Å²) >= 11 is 0. The van der Waals surface area contributed by atoms with Gasteiger partial charge in [-0.3, -0.25) is 4.79 Å². The molecule has 0 aromatic heterocycles. The van der Waals surface area contributed by atoms with Crippen molar-refractivity contribution in [2.75, 3.05) is 4.90 Å². The van der Waals surface area contributed by atoms with Crippen molar-refractivity contribution in [3.05, 3.63) is 71.8 Å². The van der Waals surface area contributed by atoms with Crippen LogP contribution in [0.15, 0.2) is 60.7 Å². The molecule has 0 radical (unpaired) electrons. The van der Waals surface area contributed by atoms with Crippen LogP contribution in [0.1, 0.15) is 22.8 Å². The van der Waals surface area contributed by atoms with Crippen molar-refractivity contribution >= 4 is 22.4 Å². The smallest absolute Gasteiger partial charge is 0.262 e. The van der Waals surface area contributed by atoms with Gasteiger partial charge < -0.3 is 10.0 Å². The number of carbonyl (C=O) groups excluding carboxylic acids is 1. The lowest BCUT2D eigenvalue weighted by Crippen LogP contribution is -2.35. The molecular weight excluding hydrogens is 286 g/mol. The molecular formula is C20H17NO2. The van der Waals surface area contributed by atoms with Gasteiger partial charge in [-0.05, 0) is 47.9 Å². The number of carbonyl (C=O) groups is 1. The monoisotopic (exact) mass is 303 g/mol.